The molecule has 1 amide bonds. The maximum atomic E-state index is 12.1. The standard InChI is InChI=1S/C13H8Cl2N2O3/c14-10-5-2-6-11(15)12(10)13(18)16-8-3-1-4-9(7-8)17(19)20/h1-7H,(H,16,18). The first kappa shape index (κ1) is 14.3. The van der Waals surface area contributed by atoms with Crippen LogP contribution < -0.4 is 5.32 Å². The number of amides is 1. The van der Waals surface area contributed by atoms with E-state index < -0.39 is 10.8 Å². The Morgan fingerprint density at radius 3 is 2.30 bits per heavy atom. The van der Waals surface area contributed by atoms with Crippen molar-refractivity contribution in [2.24, 2.45) is 0 Å². The Kier molecular flexibility index (Phi) is 4.22. The molecule has 2 aromatic rings. The Balaban J connectivity index is 2.28. The zero-order valence-corrected chi connectivity index (χ0v) is 11.5. The summed E-state index contributed by atoms with van der Waals surface area (Å²) in [6.45, 7) is 0. The minimum atomic E-state index is -0.544. The highest BCUT2D eigenvalue weighted by Gasteiger charge is 2.15. The van der Waals surface area contributed by atoms with E-state index in [1.54, 1.807) is 6.07 Å². The molecule has 0 fully saturated rings. The van der Waals surface area contributed by atoms with Gasteiger partial charge in [-0.05, 0) is 18.2 Å². The number of benzene rings is 2. The van der Waals surface area contributed by atoms with Gasteiger partial charge in [0.05, 0.1) is 20.5 Å². The highest BCUT2D eigenvalue weighted by atomic mass is 35.5. The molecule has 2 rings (SSSR count). The zero-order valence-electron chi connectivity index (χ0n) is 9.97. The fourth-order valence-corrected chi connectivity index (χ4v) is 2.17. The first-order chi connectivity index (χ1) is 9.49. The predicted molar refractivity (Wildman–Crippen MR) is 77.5 cm³/mol. The summed E-state index contributed by atoms with van der Waals surface area (Å²) in [5.41, 5.74) is 0.301. The molecule has 0 saturated heterocycles. The molecule has 0 aliphatic heterocycles. The van der Waals surface area contributed by atoms with Crippen LogP contribution in [-0.4, -0.2) is 10.8 Å². The maximum absolute atomic E-state index is 12.1. The monoisotopic (exact) mass is 310 g/mol. The smallest absolute Gasteiger partial charge is 0.271 e. The third-order valence-electron chi connectivity index (χ3n) is 2.50. The molecule has 2 aromatic carbocycles. The molecular weight excluding hydrogens is 303 g/mol. The van der Waals surface area contributed by atoms with Crippen LogP contribution in [0, 0.1) is 10.1 Å². The van der Waals surface area contributed by atoms with E-state index in [0.717, 1.165) is 0 Å². The average Bonchev–Trinajstić information content (AvgIpc) is 2.38. The van der Waals surface area contributed by atoms with Crippen molar-refractivity contribution < 1.29 is 9.72 Å². The number of hydrogen-bond donors (Lipinski definition) is 1. The number of non-ortho nitro benzene ring substituents is 1. The van der Waals surface area contributed by atoms with Gasteiger partial charge in [-0.15, -0.1) is 0 Å². The first-order valence-corrected chi connectivity index (χ1v) is 6.24. The lowest BCUT2D eigenvalue weighted by molar-refractivity contribution is -0.384. The van der Waals surface area contributed by atoms with E-state index in [1.165, 1.54) is 36.4 Å². The highest BCUT2D eigenvalue weighted by molar-refractivity contribution is 6.40. The lowest BCUT2D eigenvalue weighted by Crippen LogP contribution is -2.13. The second kappa shape index (κ2) is 5.90. The summed E-state index contributed by atoms with van der Waals surface area (Å²) in [7, 11) is 0. The molecule has 0 atom stereocenters. The number of rotatable bonds is 3. The number of nitro benzene ring substituents is 1. The molecule has 0 saturated carbocycles. The van der Waals surface area contributed by atoms with Crippen LogP contribution in [0.4, 0.5) is 11.4 Å². The summed E-state index contributed by atoms with van der Waals surface area (Å²) >= 11 is 11.8. The zero-order chi connectivity index (χ0) is 14.7. The summed E-state index contributed by atoms with van der Waals surface area (Å²) in [4.78, 5) is 22.2. The van der Waals surface area contributed by atoms with Gasteiger partial charge >= 0.3 is 0 Å². The molecule has 0 aromatic heterocycles. The van der Waals surface area contributed by atoms with E-state index >= 15 is 0 Å². The molecule has 0 radical (unpaired) electrons. The van der Waals surface area contributed by atoms with E-state index in [4.69, 9.17) is 23.2 Å². The number of nitro groups is 1. The summed E-state index contributed by atoms with van der Waals surface area (Å²) in [5.74, 6) is -0.527. The normalized spacial score (nSPS) is 10.1. The van der Waals surface area contributed by atoms with Crippen LogP contribution in [0.2, 0.25) is 10.0 Å². The molecule has 1 N–H and O–H groups in total. The Hall–Kier alpha value is -2.11. The van der Waals surface area contributed by atoms with E-state index in [0.29, 0.717) is 5.69 Å². The Labute approximate surface area is 124 Å². The van der Waals surface area contributed by atoms with Crippen molar-refractivity contribution in [3.05, 3.63) is 68.2 Å². The van der Waals surface area contributed by atoms with Crippen LogP contribution in [0.15, 0.2) is 42.5 Å². The van der Waals surface area contributed by atoms with Gasteiger partial charge in [0.1, 0.15) is 0 Å². The third-order valence-corrected chi connectivity index (χ3v) is 3.13. The van der Waals surface area contributed by atoms with Gasteiger partial charge in [0.2, 0.25) is 0 Å². The fourth-order valence-electron chi connectivity index (χ4n) is 1.61. The second-order valence-electron chi connectivity index (χ2n) is 3.86. The molecule has 5 nitrogen and oxygen atoms in total. The van der Waals surface area contributed by atoms with Gasteiger partial charge < -0.3 is 5.32 Å². The van der Waals surface area contributed by atoms with Crippen LogP contribution in [0.1, 0.15) is 10.4 Å². The molecule has 0 bridgehead atoms. The Bertz CT molecular complexity index is 669. The first-order valence-electron chi connectivity index (χ1n) is 5.49. The number of anilines is 1. The van der Waals surface area contributed by atoms with Crippen molar-refractivity contribution in [1.29, 1.82) is 0 Å². The molecule has 102 valence electrons. The minimum absolute atomic E-state index is 0.118. The van der Waals surface area contributed by atoms with Crippen molar-refractivity contribution in [2.45, 2.75) is 0 Å². The summed E-state index contributed by atoms with van der Waals surface area (Å²) in [6, 6.07) is 10.3. The van der Waals surface area contributed by atoms with Gasteiger partial charge in [-0.1, -0.05) is 35.3 Å². The van der Waals surface area contributed by atoms with Gasteiger partial charge in [0.25, 0.3) is 11.6 Å². The number of halogens is 2. The lowest BCUT2D eigenvalue weighted by Gasteiger charge is -2.08. The molecular formula is C13H8Cl2N2O3. The van der Waals surface area contributed by atoms with Crippen LogP contribution >= 0.6 is 23.2 Å². The Morgan fingerprint density at radius 2 is 1.70 bits per heavy atom. The van der Waals surface area contributed by atoms with Crippen LogP contribution in [-0.2, 0) is 0 Å². The van der Waals surface area contributed by atoms with Crippen LogP contribution in [0.3, 0.4) is 0 Å². The van der Waals surface area contributed by atoms with Crippen molar-refractivity contribution in [3.8, 4) is 0 Å². The van der Waals surface area contributed by atoms with Crippen molar-refractivity contribution in [2.75, 3.05) is 5.32 Å². The average molecular weight is 311 g/mol. The van der Waals surface area contributed by atoms with Gasteiger partial charge in [0, 0.05) is 17.8 Å². The molecule has 0 spiro atoms. The molecule has 0 aliphatic carbocycles. The van der Waals surface area contributed by atoms with Gasteiger partial charge in [-0.2, -0.15) is 0 Å². The minimum Gasteiger partial charge on any atom is -0.322 e. The van der Waals surface area contributed by atoms with E-state index in [9.17, 15) is 14.9 Å². The number of carbonyl (C=O) groups is 1. The van der Waals surface area contributed by atoms with Gasteiger partial charge in [-0.25, -0.2) is 0 Å². The molecule has 0 aliphatic rings. The number of nitrogens with zero attached hydrogens (tertiary/aromatic N) is 1. The highest BCUT2D eigenvalue weighted by Crippen LogP contribution is 2.26. The van der Waals surface area contributed by atoms with Gasteiger partial charge in [-0.3, -0.25) is 14.9 Å². The van der Waals surface area contributed by atoms with Crippen molar-refractivity contribution in [1.82, 2.24) is 0 Å². The summed E-state index contributed by atoms with van der Waals surface area (Å²) < 4.78 is 0. The predicted octanol–water partition coefficient (Wildman–Crippen LogP) is 4.15. The van der Waals surface area contributed by atoms with Crippen molar-refractivity contribution >= 4 is 40.5 Å². The van der Waals surface area contributed by atoms with E-state index in [2.05, 4.69) is 5.32 Å². The maximum Gasteiger partial charge on any atom is 0.271 e. The Morgan fingerprint density at radius 1 is 1.10 bits per heavy atom. The number of carbonyl (C=O) groups excluding carboxylic acids is 1. The SMILES string of the molecule is O=C(Nc1cccc([N+](=O)[O-])c1)c1c(Cl)cccc1Cl. The summed E-state index contributed by atoms with van der Waals surface area (Å²) in [6.07, 6.45) is 0. The van der Waals surface area contributed by atoms with E-state index in [-0.39, 0.29) is 21.3 Å². The largest absolute Gasteiger partial charge is 0.322 e. The molecule has 0 unspecified atom stereocenters. The molecule has 0 heterocycles. The summed E-state index contributed by atoms with van der Waals surface area (Å²) in [5, 5.41) is 13.6. The number of nitrogens with one attached hydrogen (secondary N) is 1. The van der Waals surface area contributed by atoms with Crippen molar-refractivity contribution in [3.63, 3.8) is 0 Å². The van der Waals surface area contributed by atoms with Crippen LogP contribution in [0.25, 0.3) is 0 Å². The third kappa shape index (κ3) is 3.07. The second-order valence-corrected chi connectivity index (χ2v) is 4.67. The van der Waals surface area contributed by atoms with Gasteiger partial charge in [0.15, 0.2) is 0 Å². The van der Waals surface area contributed by atoms with E-state index in [1.807, 2.05) is 0 Å². The topological polar surface area (TPSA) is 72.2 Å². The quantitative estimate of drug-likeness (QED) is 0.683. The lowest BCUT2D eigenvalue weighted by atomic mass is 10.2. The number of hydrogen-bond acceptors (Lipinski definition) is 3. The molecule has 7 heteroatoms. The molecule has 20 heavy (non-hydrogen) atoms. The van der Waals surface area contributed by atoms with Crippen LogP contribution in [0.5, 0.6) is 0 Å². The fraction of sp³-hybridized carbons (Fsp3) is 0.